The molecule has 0 saturated carbocycles. The fourth-order valence-corrected chi connectivity index (χ4v) is 1.61. The van der Waals surface area contributed by atoms with Crippen LogP contribution in [0.3, 0.4) is 0 Å². The molecule has 4 nitrogen and oxygen atoms in total. The third-order valence-corrected chi connectivity index (χ3v) is 2.51. The molecule has 0 aliphatic carbocycles. The lowest BCUT2D eigenvalue weighted by Crippen LogP contribution is -2.08. The van der Waals surface area contributed by atoms with Crippen LogP contribution in [0.4, 0.5) is 14.6 Å². The first-order valence-electron chi connectivity index (χ1n) is 5.77. The van der Waals surface area contributed by atoms with E-state index >= 15 is 0 Å². The lowest BCUT2D eigenvalue weighted by atomic mass is 10.2. The summed E-state index contributed by atoms with van der Waals surface area (Å²) in [6, 6.07) is 3.84. The first-order chi connectivity index (χ1) is 8.70. The Labute approximate surface area is 104 Å². The summed E-state index contributed by atoms with van der Waals surface area (Å²) in [5, 5.41) is 10.8. The molecule has 0 bridgehead atoms. The Kier molecular flexibility index (Phi) is 3.86. The lowest BCUT2D eigenvalue weighted by molar-refractivity contribution is 0.507. The van der Waals surface area contributed by atoms with Gasteiger partial charge in [-0.15, -0.1) is 5.10 Å². The van der Waals surface area contributed by atoms with Crippen LogP contribution in [0.15, 0.2) is 24.4 Å². The van der Waals surface area contributed by atoms with E-state index in [1.165, 1.54) is 6.07 Å². The van der Waals surface area contributed by atoms with Gasteiger partial charge in [0.1, 0.15) is 5.82 Å². The lowest BCUT2D eigenvalue weighted by Gasteiger charge is -2.08. The number of halogens is 2. The molecular formula is C12H14F2N4. The Morgan fingerprint density at radius 3 is 2.83 bits per heavy atom. The molecule has 0 spiro atoms. The Morgan fingerprint density at radius 1 is 1.28 bits per heavy atom. The molecule has 1 N–H and O–H groups in total. The van der Waals surface area contributed by atoms with Crippen molar-refractivity contribution in [1.82, 2.24) is 15.0 Å². The van der Waals surface area contributed by atoms with Crippen molar-refractivity contribution in [2.24, 2.45) is 0 Å². The van der Waals surface area contributed by atoms with Gasteiger partial charge in [0.25, 0.3) is 0 Å². The largest absolute Gasteiger partial charge is 0.365 e. The number of aromatic nitrogens is 3. The van der Waals surface area contributed by atoms with Gasteiger partial charge in [-0.1, -0.05) is 18.2 Å². The molecule has 1 aromatic carbocycles. The van der Waals surface area contributed by atoms with E-state index in [9.17, 15) is 8.78 Å². The van der Waals surface area contributed by atoms with Gasteiger partial charge in [0, 0.05) is 13.1 Å². The maximum Gasteiger partial charge on any atom is 0.159 e. The van der Waals surface area contributed by atoms with Gasteiger partial charge in [-0.05, 0) is 24.1 Å². The molecule has 18 heavy (non-hydrogen) atoms. The predicted octanol–water partition coefficient (Wildman–Crippen LogP) is 2.58. The Balaban J connectivity index is 2.02. The number of hydrogen-bond donors (Lipinski definition) is 1. The van der Waals surface area contributed by atoms with Crippen LogP contribution >= 0.6 is 0 Å². The SMILES string of the molecule is CCCn1nncc1NCc1ccc(F)c(F)c1. The number of benzene rings is 1. The third kappa shape index (κ3) is 2.82. The van der Waals surface area contributed by atoms with Crippen molar-refractivity contribution in [3.8, 4) is 0 Å². The minimum atomic E-state index is -0.838. The first-order valence-corrected chi connectivity index (χ1v) is 5.77. The van der Waals surface area contributed by atoms with Gasteiger partial charge in [-0.25, -0.2) is 13.5 Å². The minimum absolute atomic E-state index is 0.397. The fraction of sp³-hybridized carbons (Fsp3) is 0.333. The molecule has 1 heterocycles. The third-order valence-electron chi connectivity index (χ3n) is 2.51. The first kappa shape index (κ1) is 12.5. The highest BCUT2D eigenvalue weighted by Crippen LogP contribution is 2.11. The normalized spacial score (nSPS) is 10.6. The van der Waals surface area contributed by atoms with E-state index in [0.29, 0.717) is 12.1 Å². The van der Waals surface area contributed by atoms with Crippen LogP contribution in [0, 0.1) is 11.6 Å². The summed E-state index contributed by atoms with van der Waals surface area (Å²) in [5.41, 5.74) is 0.665. The van der Waals surface area contributed by atoms with Crippen molar-refractivity contribution in [2.75, 3.05) is 5.32 Å². The van der Waals surface area contributed by atoms with E-state index in [1.807, 2.05) is 6.92 Å². The summed E-state index contributed by atoms with van der Waals surface area (Å²) in [7, 11) is 0. The Morgan fingerprint density at radius 2 is 2.11 bits per heavy atom. The minimum Gasteiger partial charge on any atom is -0.365 e. The summed E-state index contributed by atoms with van der Waals surface area (Å²) in [6.07, 6.45) is 2.55. The van der Waals surface area contributed by atoms with Crippen LogP contribution in [-0.2, 0) is 13.1 Å². The Hall–Kier alpha value is -1.98. The second kappa shape index (κ2) is 5.57. The highest BCUT2D eigenvalue weighted by atomic mass is 19.2. The average molecular weight is 252 g/mol. The van der Waals surface area contributed by atoms with E-state index in [0.717, 1.165) is 24.8 Å². The topological polar surface area (TPSA) is 42.7 Å². The summed E-state index contributed by atoms with van der Waals surface area (Å²) in [5.74, 6) is -0.910. The average Bonchev–Trinajstić information content (AvgIpc) is 2.79. The zero-order valence-electron chi connectivity index (χ0n) is 10.0. The molecule has 0 radical (unpaired) electrons. The monoisotopic (exact) mass is 252 g/mol. The molecule has 0 atom stereocenters. The number of nitrogens with one attached hydrogen (secondary N) is 1. The zero-order valence-corrected chi connectivity index (χ0v) is 10.0. The van der Waals surface area contributed by atoms with Crippen LogP contribution < -0.4 is 5.32 Å². The van der Waals surface area contributed by atoms with E-state index < -0.39 is 11.6 Å². The molecule has 2 aromatic rings. The van der Waals surface area contributed by atoms with Crippen molar-refractivity contribution < 1.29 is 8.78 Å². The summed E-state index contributed by atoms with van der Waals surface area (Å²) < 4.78 is 27.5. The maximum atomic E-state index is 13.0. The van der Waals surface area contributed by atoms with E-state index in [1.54, 1.807) is 16.9 Å². The number of hydrogen-bond acceptors (Lipinski definition) is 3. The van der Waals surface area contributed by atoms with Crippen molar-refractivity contribution in [3.05, 3.63) is 41.6 Å². The van der Waals surface area contributed by atoms with Gasteiger partial charge < -0.3 is 5.32 Å². The van der Waals surface area contributed by atoms with E-state index in [2.05, 4.69) is 15.6 Å². The van der Waals surface area contributed by atoms with Gasteiger partial charge >= 0.3 is 0 Å². The molecule has 6 heteroatoms. The molecule has 0 saturated heterocycles. The molecule has 96 valence electrons. The molecule has 0 unspecified atom stereocenters. The van der Waals surface area contributed by atoms with Gasteiger partial charge in [0.2, 0.25) is 0 Å². The van der Waals surface area contributed by atoms with Crippen LogP contribution in [0.2, 0.25) is 0 Å². The van der Waals surface area contributed by atoms with Crippen LogP contribution in [0.25, 0.3) is 0 Å². The summed E-state index contributed by atoms with van der Waals surface area (Å²) in [6.45, 7) is 3.20. The van der Waals surface area contributed by atoms with Gasteiger partial charge in [0.05, 0.1) is 6.20 Å². The quantitative estimate of drug-likeness (QED) is 0.889. The molecule has 0 fully saturated rings. The predicted molar refractivity (Wildman–Crippen MR) is 64.0 cm³/mol. The van der Waals surface area contributed by atoms with Crippen molar-refractivity contribution in [3.63, 3.8) is 0 Å². The van der Waals surface area contributed by atoms with Gasteiger partial charge in [0.15, 0.2) is 11.6 Å². The molecule has 1 aromatic heterocycles. The van der Waals surface area contributed by atoms with Crippen molar-refractivity contribution >= 4 is 5.82 Å². The van der Waals surface area contributed by atoms with Crippen LogP contribution in [-0.4, -0.2) is 15.0 Å². The number of nitrogens with zero attached hydrogens (tertiary/aromatic N) is 3. The van der Waals surface area contributed by atoms with Crippen LogP contribution in [0.5, 0.6) is 0 Å². The number of rotatable bonds is 5. The van der Waals surface area contributed by atoms with E-state index in [4.69, 9.17) is 0 Å². The number of aryl methyl sites for hydroxylation is 1. The standard InChI is InChI=1S/C12H14F2N4/c1-2-5-18-12(8-16-17-18)15-7-9-3-4-10(13)11(14)6-9/h3-4,6,8,15H,2,5,7H2,1H3. The van der Waals surface area contributed by atoms with Crippen LogP contribution in [0.1, 0.15) is 18.9 Å². The second-order valence-corrected chi connectivity index (χ2v) is 3.94. The summed E-state index contributed by atoms with van der Waals surface area (Å²) >= 11 is 0. The van der Waals surface area contributed by atoms with Crippen molar-refractivity contribution in [2.45, 2.75) is 26.4 Å². The van der Waals surface area contributed by atoms with E-state index in [-0.39, 0.29) is 0 Å². The van der Waals surface area contributed by atoms with Crippen molar-refractivity contribution in [1.29, 1.82) is 0 Å². The molecule has 0 aliphatic rings. The fourth-order valence-electron chi connectivity index (χ4n) is 1.61. The summed E-state index contributed by atoms with van der Waals surface area (Å²) in [4.78, 5) is 0. The highest BCUT2D eigenvalue weighted by Gasteiger charge is 2.05. The number of anilines is 1. The maximum absolute atomic E-state index is 13.0. The molecular weight excluding hydrogens is 238 g/mol. The zero-order chi connectivity index (χ0) is 13.0. The highest BCUT2D eigenvalue weighted by molar-refractivity contribution is 5.33. The molecule has 2 rings (SSSR count). The molecule has 0 amide bonds. The van der Waals surface area contributed by atoms with Gasteiger partial charge in [-0.2, -0.15) is 0 Å². The second-order valence-electron chi connectivity index (χ2n) is 3.94. The molecule has 0 aliphatic heterocycles. The van der Waals surface area contributed by atoms with Gasteiger partial charge in [-0.3, -0.25) is 0 Å². The smallest absolute Gasteiger partial charge is 0.159 e. The Bertz CT molecular complexity index is 525.